The molecule has 0 spiro atoms. The average molecular weight is 315 g/mol. The molecule has 0 aliphatic rings. The maximum absolute atomic E-state index is 5.47. The minimum absolute atomic E-state index is 0.837. The van der Waals surface area contributed by atoms with E-state index < -0.39 is 0 Å². The molecule has 6 N–H and O–H groups in total. The third-order valence-electron chi connectivity index (χ3n) is 4.07. The van der Waals surface area contributed by atoms with Gasteiger partial charge in [-0.15, -0.1) is 0 Å². The highest BCUT2D eigenvalue weighted by Crippen LogP contribution is 2.04. The zero-order chi connectivity index (χ0) is 16.1. The van der Waals surface area contributed by atoms with Gasteiger partial charge in [-0.25, -0.2) is 0 Å². The minimum atomic E-state index is 0.837. The Morgan fingerprint density at radius 1 is 0.364 bits per heavy atom. The van der Waals surface area contributed by atoms with E-state index in [0.29, 0.717) is 0 Å². The average Bonchev–Trinajstić information content (AvgIpc) is 2.54. The van der Waals surface area contributed by atoms with Gasteiger partial charge in [0.15, 0.2) is 0 Å². The van der Waals surface area contributed by atoms with Gasteiger partial charge in [0.05, 0.1) is 0 Å². The van der Waals surface area contributed by atoms with Crippen LogP contribution in [-0.2, 0) is 0 Å². The lowest BCUT2D eigenvalue weighted by Gasteiger charge is -2.06. The van der Waals surface area contributed by atoms with E-state index in [1.54, 1.807) is 0 Å². The predicted octanol–water partition coefficient (Wildman–Crippen LogP) is 2.76. The molecule has 0 heterocycles. The molecule has 0 saturated heterocycles. The highest BCUT2D eigenvalue weighted by atomic mass is 14.8. The van der Waals surface area contributed by atoms with E-state index in [0.717, 1.165) is 26.2 Å². The van der Waals surface area contributed by atoms with Gasteiger partial charge in [0.1, 0.15) is 0 Å². The monoisotopic (exact) mass is 314 g/mol. The van der Waals surface area contributed by atoms with Crippen LogP contribution in [0, 0.1) is 0 Å². The fourth-order valence-electron chi connectivity index (χ4n) is 2.60. The van der Waals surface area contributed by atoms with E-state index in [9.17, 15) is 0 Å². The molecular weight excluding hydrogens is 272 g/mol. The van der Waals surface area contributed by atoms with Gasteiger partial charge in [-0.2, -0.15) is 0 Å². The first-order valence-electron chi connectivity index (χ1n) is 9.73. The van der Waals surface area contributed by atoms with Crippen molar-refractivity contribution >= 4 is 0 Å². The first kappa shape index (κ1) is 21.8. The van der Waals surface area contributed by atoms with Crippen LogP contribution in [-0.4, -0.2) is 39.3 Å². The fraction of sp³-hybridized carbons (Fsp3) is 1.00. The third kappa shape index (κ3) is 19.8. The van der Waals surface area contributed by atoms with Gasteiger partial charge in [0, 0.05) is 0 Å². The van der Waals surface area contributed by atoms with Gasteiger partial charge in [-0.05, 0) is 77.8 Å². The van der Waals surface area contributed by atoms with Crippen molar-refractivity contribution < 1.29 is 0 Å². The van der Waals surface area contributed by atoms with Crippen LogP contribution in [0.5, 0.6) is 0 Å². The summed E-state index contributed by atoms with van der Waals surface area (Å²) in [5, 5.41) is 7.05. The Balaban J connectivity index is 2.91. The molecule has 0 rings (SSSR count). The lowest BCUT2D eigenvalue weighted by atomic mass is 10.1. The maximum atomic E-state index is 5.47. The number of hydrogen-bond donors (Lipinski definition) is 4. The first-order valence-corrected chi connectivity index (χ1v) is 9.73. The number of unbranched alkanes of at least 4 members (excludes halogenated alkanes) is 9. The van der Waals surface area contributed by atoms with E-state index in [4.69, 9.17) is 11.5 Å². The standard InChI is InChI=1S/C18H42N4/c19-13-7-5-11-17-21-15-9-3-1-2-4-10-16-22-18-12-6-8-14-20/h21-22H,1-20H2. The molecule has 0 amide bonds. The lowest BCUT2D eigenvalue weighted by Crippen LogP contribution is -2.17. The second-order valence-electron chi connectivity index (χ2n) is 6.32. The molecule has 22 heavy (non-hydrogen) atoms. The van der Waals surface area contributed by atoms with Crippen molar-refractivity contribution in [2.24, 2.45) is 11.5 Å². The molecule has 0 bridgehead atoms. The zero-order valence-electron chi connectivity index (χ0n) is 14.9. The summed E-state index contributed by atoms with van der Waals surface area (Å²) in [5.74, 6) is 0. The Morgan fingerprint density at radius 2 is 0.636 bits per heavy atom. The van der Waals surface area contributed by atoms with Crippen molar-refractivity contribution in [1.29, 1.82) is 0 Å². The van der Waals surface area contributed by atoms with Crippen LogP contribution in [0.4, 0.5) is 0 Å². The van der Waals surface area contributed by atoms with Crippen molar-refractivity contribution in [2.75, 3.05) is 39.3 Å². The molecule has 4 heteroatoms. The van der Waals surface area contributed by atoms with Crippen LogP contribution in [0.2, 0.25) is 0 Å². The highest BCUT2D eigenvalue weighted by Gasteiger charge is 1.93. The van der Waals surface area contributed by atoms with Gasteiger partial charge in [0.25, 0.3) is 0 Å². The summed E-state index contributed by atoms with van der Waals surface area (Å²) in [6.45, 7) is 6.38. The Bertz CT molecular complexity index is 168. The molecule has 0 aromatic rings. The quantitative estimate of drug-likeness (QED) is 0.277. The molecule has 134 valence electrons. The van der Waals surface area contributed by atoms with Gasteiger partial charge in [0.2, 0.25) is 0 Å². The smallest absolute Gasteiger partial charge is 0.00489 e. The van der Waals surface area contributed by atoms with Gasteiger partial charge >= 0.3 is 0 Å². The second kappa shape index (κ2) is 20.8. The van der Waals surface area contributed by atoms with Crippen molar-refractivity contribution in [1.82, 2.24) is 10.6 Å². The summed E-state index contributed by atoms with van der Waals surface area (Å²) in [4.78, 5) is 0. The predicted molar refractivity (Wildman–Crippen MR) is 99.3 cm³/mol. The fourth-order valence-corrected chi connectivity index (χ4v) is 2.60. The number of hydrogen-bond acceptors (Lipinski definition) is 4. The molecular formula is C18H42N4. The van der Waals surface area contributed by atoms with Crippen molar-refractivity contribution in [3.8, 4) is 0 Å². The number of nitrogens with two attached hydrogens (primary N) is 2. The highest BCUT2D eigenvalue weighted by molar-refractivity contribution is 4.53. The molecule has 0 aliphatic carbocycles. The molecule has 0 fully saturated rings. The number of nitrogens with one attached hydrogen (secondary N) is 2. The minimum Gasteiger partial charge on any atom is -0.330 e. The van der Waals surface area contributed by atoms with Gasteiger partial charge in [-0.3, -0.25) is 0 Å². The molecule has 0 unspecified atom stereocenters. The van der Waals surface area contributed by atoms with E-state index in [2.05, 4.69) is 10.6 Å². The van der Waals surface area contributed by atoms with Gasteiger partial charge < -0.3 is 22.1 Å². The molecule has 0 aliphatic heterocycles. The van der Waals surface area contributed by atoms with Crippen molar-refractivity contribution in [3.05, 3.63) is 0 Å². The summed E-state index contributed by atoms with van der Waals surface area (Å²) in [6, 6.07) is 0. The van der Waals surface area contributed by atoms with Crippen molar-refractivity contribution in [3.63, 3.8) is 0 Å². The van der Waals surface area contributed by atoms with Crippen molar-refractivity contribution in [2.45, 2.75) is 77.0 Å². The summed E-state index contributed by atoms with van der Waals surface area (Å²) >= 11 is 0. The van der Waals surface area contributed by atoms with Crippen LogP contribution in [0.25, 0.3) is 0 Å². The van der Waals surface area contributed by atoms with E-state index in [1.807, 2.05) is 0 Å². The summed E-state index contributed by atoms with van der Waals surface area (Å²) in [5.41, 5.74) is 10.9. The van der Waals surface area contributed by atoms with E-state index in [1.165, 1.54) is 90.1 Å². The maximum Gasteiger partial charge on any atom is -0.00489 e. The summed E-state index contributed by atoms with van der Waals surface area (Å²) in [7, 11) is 0. The van der Waals surface area contributed by atoms with Crippen LogP contribution in [0.1, 0.15) is 77.0 Å². The second-order valence-corrected chi connectivity index (χ2v) is 6.32. The number of rotatable bonds is 19. The molecule has 4 nitrogen and oxygen atoms in total. The zero-order valence-corrected chi connectivity index (χ0v) is 14.9. The van der Waals surface area contributed by atoms with Crippen LogP contribution < -0.4 is 22.1 Å². The largest absolute Gasteiger partial charge is 0.330 e. The van der Waals surface area contributed by atoms with Crippen LogP contribution >= 0.6 is 0 Å². The normalized spacial score (nSPS) is 11.2. The Morgan fingerprint density at radius 3 is 0.955 bits per heavy atom. The lowest BCUT2D eigenvalue weighted by molar-refractivity contribution is 0.535. The topological polar surface area (TPSA) is 76.1 Å². The molecule has 0 saturated carbocycles. The molecule has 0 aromatic carbocycles. The van der Waals surface area contributed by atoms with E-state index >= 15 is 0 Å². The molecule has 0 aromatic heterocycles. The van der Waals surface area contributed by atoms with Crippen LogP contribution in [0.15, 0.2) is 0 Å². The third-order valence-corrected chi connectivity index (χ3v) is 4.07. The SMILES string of the molecule is NCCCCCNCCCCCCCCNCCCCCN. The summed E-state index contributed by atoms with van der Waals surface area (Å²) in [6.07, 6.45) is 15.6. The molecule has 0 atom stereocenters. The molecule has 0 radical (unpaired) electrons. The Labute approximate surface area is 139 Å². The van der Waals surface area contributed by atoms with Gasteiger partial charge in [-0.1, -0.05) is 38.5 Å². The Hall–Kier alpha value is -0.160. The van der Waals surface area contributed by atoms with Crippen LogP contribution in [0.3, 0.4) is 0 Å². The first-order chi connectivity index (χ1) is 10.9. The summed E-state index contributed by atoms with van der Waals surface area (Å²) < 4.78 is 0. The van der Waals surface area contributed by atoms with E-state index in [-0.39, 0.29) is 0 Å². The Kier molecular flexibility index (Phi) is 20.7.